The molecule has 0 saturated carbocycles. The Hall–Kier alpha value is -1.31. The Balaban J connectivity index is 2.73. The lowest BCUT2D eigenvalue weighted by molar-refractivity contribution is 0.249. The SMILES string of the molecule is NC(=O)NN=Cc1ccc(O)c(I)c1. The summed E-state index contributed by atoms with van der Waals surface area (Å²) < 4.78 is 0.714. The molecule has 1 aromatic carbocycles. The third-order valence-electron chi connectivity index (χ3n) is 1.36. The molecule has 5 nitrogen and oxygen atoms in total. The number of hydrogen-bond donors (Lipinski definition) is 3. The van der Waals surface area contributed by atoms with Crippen molar-refractivity contribution in [3.8, 4) is 5.75 Å². The molecule has 0 spiro atoms. The number of benzene rings is 1. The van der Waals surface area contributed by atoms with Gasteiger partial charge in [-0.3, -0.25) is 0 Å². The van der Waals surface area contributed by atoms with Gasteiger partial charge in [0.15, 0.2) is 0 Å². The molecule has 1 aromatic rings. The van der Waals surface area contributed by atoms with E-state index in [2.05, 4.69) is 10.5 Å². The molecule has 1 rings (SSSR count). The highest BCUT2D eigenvalue weighted by Gasteiger charge is 1.96. The van der Waals surface area contributed by atoms with Crippen molar-refractivity contribution in [3.63, 3.8) is 0 Å². The van der Waals surface area contributed by atoms with Gasteiger partial charge in [0, 0.05) is 0 Å². The second kappa shape index (κ2) is 4.80. The smallest absolute Gasteiger partial charge is 0.332 e. The average Bonchev–Trinajstić information content (AvgIpc) is 2.10. The summed E-state index contributed by atoms with van der Waals surface area (Å²) in [5.74, 6) is 0.214. The molecule has 2 amide bonds. The minimum Gasteiger partial charge on any atom is -0.507 e. The van der Waals surface area contributed by atoms with Gasteiger partial charge in [-0.2, -0.15) is 5.10 Å². The van der Waals surface area contributed by atoms with Crippen LogP contribution in [0.1, 0.15) is 5.56 Å². The Bertz CT molecular complexity index is 379. The Kier molecular flexibility index (Phi) is 3.69. The van der Waals surface area contributed by atoms with Crippen molar-refractivity contribution in [2.45, 2.75) is 0 Å². The predicted octanol–water partition coefficient (Wildman–Crippen LogP) is 0.999. The molecule has 4 N–H and O–H groups in total. The van der Waals surface area contributed by atoms with Crippen LogP contribution >= 0.6 is 22.6 Å². The number of amides is 2. The van der Waals surface area contributed by atoms with E-state index in [-0.39, 0.29) is 5.75 Å². The van der Waals surface area contributed by atoms with Crippen molar-refractivity contribution < 1.29 is 9.90 Å². The monoisotopic (exact) mass is 305 g/mol. The van der Waals surface area contributed by atoms with Gasteiger partial charge in [-0.15, -0.1) is 0 Å². The van der Waals surface area contributed by atoms with Gasteiger partial charge < -0.3 is 10.8 Å². The van der Waals surface area contributed by atoms with Gasteiger partial charge in [0.2, 0.25) is 0 Å². The Labute approximate surface area is 94.1 Å². The molecule has 6 heteroatoms. The number of hydrogen-bond acceptors (Lipinski definition) is 3. The van der Waals surface area contributed by atoms with E-state index in [1.54, 1.807) is 18.2 Å². The summed E-state index contributed by atoms with van der Waals surface area (Å²) in [5.41, 5.74) is 7.64. The molecule has 0 saturated heterocycles. The van der Waals surface area contributed by atoms with Crippen LogP contribution in [-0.2, 0) is 0 Å². The van der Waals surface area contributed by atoms with E-state index in [0.29, 0.717) is 3.57 Å². The largest absolute Gasteiger partial charge is 0.507 e. The van der Waals surface area contributed by atoms with Crippen LogP contribution in [0.4, 0.5) is 4.79 Å². The number of carbonyl (C=O) groups is 1. The third-order valence-corrected chi connectivity index (χ3v) is 2.22. The summed E-state index contributed by atoms with van der Waals surface area (Å²) in [6.45, 7) is 0. The minimum absolute atomic E-state index is 0.214. The van der Waals surface area contributed by atoms with Crippen LogP contribution in [0.15, 0.2) is 23.3 Å². The summed E-state index contributed by atoms with van der Waals surface area (Å²) >= 11 is 1.99. The first-order chi connectivity index (χ1) is 6.59. The molecule has 0 bridgehead atoms. The second-order valence-electron chi connectivity index (χ2n) is 2.45. The quantitative estimate of drug-likeness (QED) is 0.432. The highest BCUT2D eigenvalue weighted by atomic mass is 127. The van der Waals surface area contributed by atoms with Gasteiger partial charge in [-0.25, -0.2) is 10.2 Å². The number of phenolic OH excluding ortho intramolecular Hbond substituents is 1. The highest BCUT2D eigenvalue weighted by Crippen LogP contribution is 2.19. The molecule has 0 aromatic heterocycles. The first-order valence-electron chi connectivity index (χ1n) is 3.66. The predicted molar refractivity (Wildman–Crippen MR) is 61.1 cm³/mol. The molecule has 0 radical (unpaired) electrons. The third kappa shape index (κ3) is 3.21. The Morgan fingerprint density at radius 1 is 1.64 bits per heavy atom. The molecule has 0 atom stereocenters. The zero-order valence-electron chi connectivity index (χ0n) is 7.07. The summed E-state index contributed by atoms with van der Waals surface area (Å²) in [4.78, 5) is 10.3. The maximum atomic E-state index is 10.3. The number of aromatic hydroxyl groups is 1. The van der Waals surface area contributed by atoms with Gasteiger partial charge in [0.25, 0.3) is 0 Å². The number of hydrazone groups is 1. The lowest BCUT2D eigenvalue weighted by Crippen LogP contribution is -2.24. The molecule has 0 aliphatic heterocycles. The first-order valence-corrected chi connectivity index (χ1v) is 4.74. The van der Waals surface area contributed by atoms with E-state index < -0.39 is 6.03 Å². The molecule has 0 unspecified atom stereocenters. The molecule has 0 heterocycles. The minimum atomic E-state index is -0.713. The standard InChI is InChI=1S/C8H8IN3O2/c9-6-3-5(1-2-7(6)13)4-11-12-8(10)14/h1-4,13H,(H3,10,12,14). The van der Waals surface area contributed by atoms with Crippen LogP contribution in [0.25, 0.3) is 0 Å². The summed E-state index contributed by atoms with van der Waals surface area (Å²) in [6, 6.07) is 4.23. The van der Waals surface area contributed by atoms with Crippen molar-refractivity contribution in [2.24, 2.45) is 10.8 Å². The number of halogens is 1. The number of urea groups is 1. The zero-order chi connectivity index (χ0) is 10.6. The number of nitrogens with zero attached hydrogens (tertiary/aromatic N) is 1. The number of nitrogens with one attached hydrogen (secondary N) is 1. The van der Waals surface area contributed by atoms with Crippen LogP contribution in [-0.4, -0.2) is 17.4 Å². The molecule has 0 aliphatic carbocycles. The highest BCUT2D eigenvalue weighted by molar-refractivity contribution is 14.1. The van der Waals surface area contributed by atoms with Crippen LogP contribution in [0, 0.1) is 3.57 Å². The fourth-order valence-corrected chi connectivity index (χ4v) is 1.31. The maximum absolute atomic E-state index is 10.3. The zero-order valence-corrected chi connectivity index (χ0v) is 9.22. The van der Waals surface area contributed by atoms with Crippen LogP contribution in [0.5, 0.6) is 5.75 Å². The van der Waals surface area contributed by atoms with E-state index >= 15 is 0 Å². The molecule has 0 fully saturated rings. The van der Waals surface area contributed by atoms with Crippen molar-refractivity contribution >= 4 is 34.8 Å². The van der Waals surface area contributed by atoms with Crippen molar-refractivity contribution in [3.05, 3.63) is 27.3 Å². The molecule has 0 aliphatic rings. The number of primary amides is 1. The van der Waals surface area contributed by atoms with E-state index in [1.807, 2.05) is 22.6 Å². The van der Waals surface area contributed by atoms with Crippen LogP contribution < -0.4 is 11.2 Å². The van der Waals surface area contributed by atoms with Gasteiger partial charge in [-0.1, -0.05) is 0 Å². The van der Waals surface area contributed by atoms with Crippen molar-refractivity contribution in [1.82, 2.24) is 5.43 Å². The number of nitrogens with two attached hydrogens (primary N) is 1. The van der Waals surface area contributed by atoms with Crippen LogP contribution in [0.3, 0.4) is 0 Å². The van der Waals surface area contributed by atoms with Gasteiger partial charge in [-0.05, 0) is 46.4 Å². The van der Waals surface area contributed by atoms with Crippen molar-refractivity contribution in [2.75, 3.05) is 0 Å². The normalized spacial score (nSPS) is 10.4. The van der Waals surface area contributed by atoms with Gasteiger partial charge in [0.05, 0.1) is 9.78 Å². The summed E-state index contributed by atoms with van der Waals surface area (Å²) in [5, 5.41) is 12.8. The Morgan fingerprint density at radius 3 is 2.93 bits per heavy atom. The lowest BCUT2D eigenvalue weighted by atomic mass is 10.2. The van der Waals surface area contributed by atoms with Gasteiger partial charge in [0.1, 0.15) is 5.75 Å². The molecule has 74 valence electrons. The van der Waals surface area contributed by atoms with Gasteiger partial charge >= 0.3 is 6.03 Å². The molecule has 14 heavy (non-hydrogen) atoms. The number of carbonyl (C=O) groups excluding carboxylic acids is 1. The number of rotatable bonds is 2. The van der Waals surface area contributed by atoms with Crippen molar-refractivity contribution in [1.29, 1.82) is 0 Å². The topological polar surface area (TPSA) is 87.7 Å². The maximum Gasteiger partial charge on any atom is 0.332 e. The summed E-state index contributed by atoms with van der Waals surface area (Å²) in [6.07, 6.45) is 1.44. The second-order valence-corrected chi connectivity index (χ2v) is 3.61. The van der Waals surface area contributed by atoms with Crippen LogP contribution in [0.2, 0.25) is 0 Å². The first kappa shape index (κ1) is 10.8. The summed E-state index contributed by atoms with van der Waals surface area (Å²) in [7, 11) is 0. The lowest BCUT2D eigenvalue weighted by Gasteiger charge is -1.97. The van der Waals surface area contributed by atoms with E-state index in [4.69, 9.17) is 5.73 Å². The fraction of sp³-hybridized carbons (Fsp3) is 0. The van der Waals surface area contributed by atoms with E-state index in [9.17, 15) is 9.90 Å². The molecular formula is C8H8IN3O2. The molecular weight excluding hydrogens is 297 g/mol. The van der Waals surface area contributed by atoms with E-state index in [0.717, 1.165) is 5.56 Å². The average molecular weight is 305 g/mol. The fourth-order valence-electron chi connectivity index (χ4n) is 0.774. The number of phenols is 1. The van der Waals surface area contributed by atoms with E-state index in [1.165, 1.54) is 6.21 Å². The Morgan fingerprint density at radius 2 is 2.36 bits per heavy atom.